The lowest BCUT2D eigenvalue weighted by Crippen LogP contribution is -2.42. The van der Waals surface area contributed by atoms with E-state index >= 15 is 0 Å². The van der Waals surface area contributed by atoms with Gasteiger partial charge in [0.1, 0.15) is 5.82 Å². The molecule has 5 nitrogen and oxygen atoms in total. The number of aromatic nitrogens is 2. The number of carbonyl (C=O) groups excluding carboxylic acids is 1. The zero-order valence-electron chi connectivity index (χ0n) is 20.0. The van der Waals surface area contributed by atoms with Gasteiger partial charge >= 0.3 is 0 Å². The van der Waals surface area contributed by atoms with Gasteiger partial charge in [-0.25, -0.2) is 4.98 Å². The number of hydrogen-bond donors (Lipinski definition) is 1. The molecular weight excluding hydrogens is 456 g/mol. The number of piperidine rings is 1. The van der Waals surface area contributed by atoms with Gasteiger partial charge in [-0.2, -0.15) is 0 Å². The minimum atomic E-state index is 0. The number of amides is 1. The van der Waals surface area contributed by atoms with Gasteiger partial charge < -0.3 is 4.98 Å². The molecule has 1 aromatic heterocycles. The number of H-pyrrole nitrogens is 1. The third kappa shape index (κ3) is 4.58. The van der Waals surface area contributed by atoms with Crippen LogP contribution in [0.2, 0.25) is 0 Å². The lowest BCUT2D eigenvalue weighted by Gasteiger charge is -2.33. The van der Waals surface area contributed by atoms with E-state index in [4.69, 9.17) is 4.98 Å². The summed E-state index contributed by atoms with van der Waals surface area (Å²) in [5.41, 5.74) is 7.95. The van der Waals surface area contributed by atoms with Crippen molar-refractivity contribution in [2.75, 3.05) is 24.5 Å². The second kappa shape index (κ2) is 9.84. The molecule has 180 valence electrons. The highest BCUT2D eigenvalue weighted by Gasteiger charge is 2.29. The molecule has 0 radical (unpaired) electrons. The lowest BCUT2D eigenvalue weighted by atomic mass is 9.96. The van der Waals surface area contributed by atoms with Gasteiger partial charge in [0.2, 0.25) is 5.91 Å². The Morgan fingerprint density at radius 2 is 1.57 bits per heavy atom. The number of para-hydroxylation sites is 2. The van der Waals surface area contributed by atoms with Gasteiger partial charge in [-0.3, -0.25) is 14.6 Å². The van der Waals surface area contributed by atoms with Crippen LogP contribution in [-0.2, 0) is 17.6 Å². The van der Waals surface area contributed by atoms with Gasteiger partial charge in [0.25, 0.3) is 0 Å². The number of likely N-dealkylation sites (tertiary alicyclic amines) is 1. The normalized spacial score (nSPS) is 16.3. The van der Waals surface area contributed by atoms with Gasteiger partial charge in [0.05, 0.1) is 29.0 Å². The summed E-state index contributed by atoms with van der Waals surface area (Å²) >= 11 is 0. The largest absolute Gasteiger partial charge is 0.342 e. The zero-order chi connectivity index (χ0) is 23.1. The molecule has 0 unspecified atom stereocenters. The van der Waals surface area contributed by atoms with Crippen molar-refractivity contribution in [2.24, 2.45) is 0 Å². The third-order valence-electron chi connectivity index (χ3n) is 7.37. The lowest BCUT2D eigenvalue weighted by molar-refractivity contribution is -0.119. The Morgan fingerprint density at radius 1 is 0.943 bits per heavy atom. The minimum absolute atomic E-state index is 0. The number of rotatable bonds is 3. The molecular formula is C29H31ClN4O. The van der Waals surface area contributed by atoms with Crippen LogP contribution in [0.3, 0.4) is 0 Å². The molecule has 1 N–H and O–H groups in total. The molecule has 35 heavy (non-hydrogen) atoms. The molecule has 3 heterocycles. The number of benzene rings is 3. The van der Waals surface area contributed by atoms with Crippen LogP contribution in [0.15, 0.2) is 66.7 Å². The highest BCUT2D eigenvalue weighted by Crippen LogP contribution is 2.36. The van der Waals surface area contributed by atoms with Crippen LogP contribution in [0.4, 0.5) is 11.4 Å². The zero-order valence-corrected chi connectivity index (χ0v) is 20.9. The van der Waals surface area contributed by atoms with Gasteiger partial charge in [-0.05, 0) is 86.7 Å². The molecule has 3 aromatic carbocycles. The van der Waals surface area contributed by atoms with E-state index in [-0.39, 0.29) is 18.3 Å². The van der Waals surface area contributed by atoms with Gasteiger partial charge in [-0.15, -0.1) is 12.4 Å². The van der Waals surface area contributed by atoms with Crippen molar-refractivity contribution < 1.29 is 4.79 Å². The molecule has 0 aliphatic carbocycles. The molecule has 2 aliphatic heterocycles. The maximum Gasteiger partial charge on any atom is 0.245 e. The Morgan fingerprint density at radius 3 is 2.23 bits per heavy atom. The maximum absolute atomic E-state index is 13.7. The van der Waals surface area contributed by atoms with Crippen molar-refractivity contribution in [1.82, 2.24) is 14.9 Å². The average Bonchev–Trinajstić information content (AvgIpc) is 3.20. The Kier molecular flexibility index (Phi) is 6.63. The minimum Gasteiger partial charge on any atom is -0.342 e. The standard InChI is InChI=1S/C29H30N4O.ClH/c1-20-10-13-24-25(18-20)31-29(30-24)23-14-16-32(17-15-23)19-28(34)33-26-8-4-2-6-21(26)11-12-22-7-3-5-9-27(22)33;/h2-10,13,18,23H,11-12,14-17,19H2,1H3,(H,30,31);1H. The molecule has 0 saturated carbocycles. The highest BCUT2D eigenvalue weighted by molar-refractivity contribution is 6.03. The van der Waals surface area contributed by atoms with Crippen LogP contribution in [-0.4, -0.2) is 40.4 Å². The summed E-state index contributed by atoms with van der Waals surface area (Å²) in [6, 6.07) is 23.1. The monoisotopic (exact) mass is 486 g/mol. The SMILES string of the molecule is Cc1ccc2nc(C3CCN(CC(=O)N4c5ccccc5CCc5ccccc54)CC3)[nH]c2c1.Cl. The van der Waals surface area contributed by atoms with Crippen molar-refractivity contribution in [3.8, 4) is 0 Å². The first-order valence-electron chi connectivity index (χ1n) is 12.3. The Balaban J connectivity index is 0.00000253. The first-order valence-corrected chi connectivity index (χ1v) is 12.3. The van der Waals surface area contributed by atoms with Crippen LogP contribution in [0.25, 0.3) is 11.0 Å². The summed E-state index contributed by atoms with van der Waals surface area (Å²) in [4.78, 5) is 26.4. The molecule has 0 bridgehead atoms. The molecule has 2 aliphatic rings. The Hall–Kier alpha value is -3.15. The number of halogens is 1. The van der Waals surface area contributed by atoms with Crippen LogP contribution < -0.4 is 4.90 Å². The Bertz CT molecular complexity index is 1310. The number of nitrogens with one attached hydrogen (secondary N) is 1. The number of aromatic amines is 1. The van der Waals surface area contributed by atoms with Crippen molar-refractivity contribution >= 4 is 40.7 Å². The Labute approximate surface area is 212 Å². The summed E-state index contributed by atoms with van der Waals surface area (Å²) in [6.45, 7) is 4.36. The van der Waals surface area contributed by atoms with Crippen LogP contribution in [0, 0.1) is 6.92 Å². The molecule has 4 aromatic rings. The molecule has 0 spiro atoms. The number of hydrogen-bond acceptors (Lipinski definition) is 3. The van der Waals surface area contributed by atoms with Crippen LogP contribution in [0.1, 0.15) is 41.3 Å². The molecule has 1 saturated heterocycles. The summed E-state index contributed by atoms with van der Waals surface area (Å²) < 4.78 is 0. The molecule has 0 atom stereocenters. The third-order valence-corrected chi connectivity index (χ3v) is 7.37. The number of carbonyl (C=O) groups is 1. The van der Waals surface area contributed by atoms with Crippen molar-refractivity contribution in [2.45, 2.75) is 38.5 Å². The van der Waals surface area contributed by atoms with Gasteiger partial charge in [-0.1, -0.05) is 42.5 Å². The van der Waals surface area contributed by atoms with Crippen molar-refractivity contribution in [3.05, 3.63) is 89.2 Å². The maximum atomic E-state index is 13.7. The van der Waals surface area contributed by atoms with Crippen LogP contribution in [0.5, 0.6) is 0 Å². The highest BCUT2D eigenvalue weighted by atomic mass is 35.5. The number of aryl methyl sites for hydroxylation is 3. The number of fused-ring (bicyclic) bond motifs is 3. The summed E-state index contributed by atoms with van der Waals surface area (Å²) in [6.07, 6.45) is 3.94. The van der Waals surface area contributed by atoms with Gasteiger partial charge in [0.15, 0.2) is 0 Å². The number of imidazole rings is 1. The molecule has 6 rings (SSSR count). The predicted octanol–water partition coefficient (Wildman–Crippen LogP) is 5.94. The second-order valence-electron chi connectivity index (χ2n) is 9.68. The fourth-order valence-electron chi connectivity index (χ4n) is 5.51. The van der Waals surface area contributed by atoms with E-state index in [1.807, 2.05) is 17.0 Å². The molecule has 6 heteroatoms. The van der Waals surface area contributed by atoms with E-state index in [2.05, 4.69) is 71.4 Å². The average molecular weight is 487 g/mol. The predicted molar refractivity (Wildman–Crippen MR) is 144 cm³/mol. The van der Waals surface area contributed by atoms with Crippen molar-refractivity contribution in [3.63, 3.8) is 0 Å². The summed E-state index contributed by atoms with van der Waals surface area (Å²) in [5, 5.41) is 0. The fraction of sp³-hybridized carbons (Fsp3) is 0.310. The quantitative estimate of drug-likeness (QED) is 0.390. The fourth-order valence-corrected chi connectivity index (χ4v) is 5.51. The van der Waals surface area contributed by atoms with Crippen molar-refractivity contribution in [1.29, 1.82) is 0 Å². The van der Waals surface area contributed by atoms with E-state index in [1.165, 1.54) is 16.7 Å². The smallest absolute Gasteiger partial charge is 0.245 e. The first kappa shape index (κ1) is 23.6. The number of anilines is 2. The topological polar surface area (TPSA) is 52.2 Å². The van der Waals surface area contributed by atoms with Crippen LogP contribution >= 0.6 is 12.4 Å². The molecule has 1 amide bonds. The van der Waals surface area contributed by atoms with E-state index in [1.54, 1.807) is 0 Å². The second-order valence-corrected chi connectivity index (χ2v) is 9.68. The van der Waals surface area contributed by atoms with E-state index in [0.717, 1.165) is 67.0 Å². The number of nitrogens with zero attached hydrogens (tertiary/aromatic N) is 3. The van der Waals surface area contributed by atoms with E-state index < -0.39 is 0 Å². The van der Waals surface area contributed by atoms with Gasteiger partial charge in [0, 0.05) is 5.92 Å². The molecule has 1 fully saturated rings. The van der Waals surface area contributed by atoms with E-state index in [9.17, 15) is 4.79 Å². The summed E-state index contributed by atoms with van der Waals surface area (Å²) in [7, 11) is 0. The first-order chi connectivity index (χ1) is 16.7. The van der Waals surface area contributed by atoms with E-state index in [0.29, 0.717) is 12.5 Å². The summed E-state index contributed by atoms with van der Waals surface area (Å²) in [5.74, 6) is 1.65.